The highest BCUT2D eigenvalue weighted by molar-refractivity contribution is 6.32. The second-order valence-corrected chi connectivity index (χ2v) is 4.69. The number of benzene rings is 1. The molecule has 0 spiro atoms. The van der Waals surface area contributed by atoms with E-state index in [9.17, 15) is 5.11 Å². The van der Waals surface area contributed by atoms with Crippen molar-refractivity contribution in [2.45, 2.75) is 13.0 Å². The van der Waals surface area contributed by atoms with Crippen molar-refractivity contribution >= 4 is 23.4 Å². The van der Waals surface area contributed by atoms with Gasteiger partial charge in [0.05, 0.1) is 24.4 Å². The fourth-order valence-electron chi connectivity index (χ4n) is 1.72. The molecule has 1 atom stereocenters. The zero-order valence-electron chi connectivity index (χ0n) is 11.5. The number of aliphatic hydroxyl groups is 1. The van der Waals surface area contributed by atoms with Gasteiger partial charge in [0.15, 0.2) is 11.6 Å². The van der Waals surface area contributed by atoms with Crippen molar-refractivity contribution in [1.82, 2.24) is 9.97 Å². The lowest BCUT2D eigenvalue weighted by molar-refractivity contribution is 0.195. The van der Waals surface area contributed by atoms with Crippen LogP contribution in [0.2, 0.25) is 5.02 Å². The van der Waals surface area contributed by atoms with Gasteiger partial charge in [-0.05, 0) is 13.0 Å². The summed E-state index contributed by atoms with van der Waals surface area (Å²) < 4.78 is 10.7. The molecule has 1 aromatic heterocycles. The molecule has 0 amide bonds. The Morgan fingerprint density at radius 1 is 1.24 bits per heavy atom. The standard InChI is InChI=1S/C13H15ClN4O3/c1-6(19)7-3-10(20-2)8(14)4-9(7)21-11-5-17-13(16)18-12(11)15/h3-6,19H,1-2H3,(H4,15,16,17,18). The lowest BCUT2D eigenvalue weighted by atomic mass is 10.1. The summed E-state index contributed by atoms with van der Waals surface area (Å²) in [5.41, 5.74) is 11.6. The Balaban J connectivity index is 2.45. The number of rotatable bonds is 4. The Morgan fingerprint density at radius 3 is 2.52 bits per heavy atom. The molecule has 5 N–H and O–H groups in total. The summed E-state index contributed by atoms with van der Waals surface area (Å²) in [5.74, 6) is 1.11. The number of aliphatic hydroxyl groups excluding tert-OH is 1. The van der Waals surface area contributed by atoms with Gasteiger partial charge in [0, 0.05) is 11.6 Å². The molecule has 1 aromatic carbocycles. The Morgan fingerprint density at radius 2 is 1.95 bits per heavy atom. The molecule has 112 valence electrons. The van der Waals surface area contributed by atoms with E-state index in [1.165, 1.54) is 19.4 Å². The molecule has 0 aliphatic carbocycles. The molecule has 0 bridgehead atoms. The van der Waals surface area contributed by atoms with Crippen molar-refractivity contribution in [2.24, 2.45) is 0 Å². The quantitative estimate of drug-likeness (QED) is 0.792. The van der Waals surface area contributed by atoms with E-state index in [1.807, 2.05) is 0 Å². The summed E-state index contributed by atoms with van der Waals surface area (Å²) in [5, 5.41) is 10.2. The molecule has 0 radical (unpaired) electrons. The van der Waals surface area contributed by atoms with Gasteiger partial charge in [0.25, 0.3) is 0 Å². The lowest BCUT2D eigenvalue weighted by Crippen LogP contribution is -2.03. The van der Waals surface area contributed by atoms with Crippen LogP contribution in [0.25, 0.3) is 0 Å². The molecule has 8 heteroatoms. The van der Waals surface area contributed by atoms with Crippen LogP contribution in [0.15, 0.2) is 18.3 Å². The molecule has 0 aliphatic heterocycles. The summed E-state index contributed by atoms with van der Waals surface area (Å²) in [4.78, 5) is 7.61. The first kappa shape index (κ1) is 15.1. The predicted molar refractivity (Wildman–Crippen MR) is 79.6 cm³/mol. The van der Waals surface area contributed by atoms with E-state index in [1.54, 1.807) is 13.0 Å². The van der Waals surface area contributed by atoms with Gasteiger partial charge in [-0.15, -0.1) is 0 Å². The maximum atomic E-state index is 9.85. The van der Waals surface area contributed by atoms with Crippen LogP contribution in [0.5, 0.6) is 17.2 Å². The molecule has 0 aliphatic rings. The van der Waals surface area contributed by atoms with Gasteiger partial charge in [-0.3, -0.25) is 0 Å². The Kier molecular flexibility index (Phi) is 4.35. The van der Waals surface area contributed by atoms with Crippen molar-refractivity contribution in [1.29, 1.82) is 0 Å². The Bertz CT molecular complexity index is 664. The minimum Gasteiger partial charge on any atom is -0.495 e. The highest BCUT2D eigenvalue weighted by atomic mass is 35.5. The second-order valence-electron chi connectivity index (χ2n) is 4.28. The molecular formula is C13H15ClN4O3. The zero-order valence-corrected chi connectivity index (χ0v) is 12.3. The molecule has 2 aromatic rings. The number of nitrogen functional groups attached to an aromatic ring is 2. The maximum absolute atomic E-state index is 9.85. The topological polar surface area (TPSA) is 117 Å². The molecule has 1 unspecified atom stereocenters. The summed E-state index contributed by atoms with van der Waals surface area (Å²) in [6, 6.07) is 3.12. The number of nitrogens with zero attached hydrogens (tertiary/aromatic N) is 2. The fourth-order valence-corrected chi connectivity index (χ4v) is 1.95. The SMILES string of the molecule is COc1cc(C(C)O)c(Oc2cnc(N)nc2N)cc1Cl. The molecule has 7 nitrogen and oxygen atoms in total. The summed E-state index contributed by atoms with van der Waals surface area (Å²) in [7, 11) is 1.49. The number of nitrogens with two attached hydrogens (primary N) is 2. The Labute approximate surface area is 126 Å². The summed E-state index contributed by atoms with van der Waals surface area (Å²) in [6.07, 6.45) is 0.559. The van der Waals surface area contributed by atoms with Crippen molar-refractivity contribution in [3.8, 4) is 17.2 Å². The number of methoxy groups -OCH3 is 1. The normalized spacial score (nSPS) is 12.0. The monoisotopic (exact) mass is 310 g/mol. The molecular weight excluding hydrogens is 296 g/mol. The summed E-state index contributed by atoms with van der Waals surface area (Å²) >= 11 is 6.07. The molecule has 0 saturated heterocycles. The fraction of sp³-hybridized carbons (Fsp3) is 0.231. The van der Waals surface area contributed by atoms with Crippen LogP contribution >= 0.6 is 11.6 Å². The predicted octanol–water partition coefficient (Wildman–Crippen LogP) is 2.15. The van der Waals surface area contributed by atoms with E-state index in [0.717, 1.165) is 0 Å². The van der Waals surface area contributed by atoms with Gasteiger partial charge in [0.2, 0.25) is 5.95 Å². The Hall–Kier alpha value is -2.25. The van der Waals surface area contributed by atoms with E-state index < -0.39 is 6.10 Å². The van der Waals surface area contributed by atoms with Crippen molar-refractivity contribution < 1.29 is 14.6 Å². The number of hydrogen-bond donors (Lipinski definition) is 3. The first-order valence-electron chi connectivity index (χ1n) is 6.03. The third-order valence-corrected chi connectivity index (χ3v) is 3.05. The van der Waals surface area contributed by atoms with Gasteiger partial charge >= 0.3 is 0 Å². The molecule has 0 fully saturated rings. The van der Waals surface area contributed by atoms with Crippen LogP contribution in [0.4, 0.5) is 11.8 Å². The maximum Gasteiger partial charge on any atom is 0.222 e. The largest absolute Gasteiger partial charge is 0.495 e. The van der Waals surface area contributed by atoms with E-state index in [-0.39, 0.29) is 17.5 Å². The van der Waals surface area contributed by atoms with Crippen molar-refractivity contribution in [3.63, 3.8) is 0 Å². The first-order chi connectivity index (χ1) is 9.92. The van der Waals surface area contributed by atoms with Gasteiger partial charge < -0.3 is 26.0 Å². The molecule has 21 heavy (non-hydrogen) atoms. The van der Waals surface area contributed by atoms with Crippen LogP contribution in [0.1, 0.15) is 18.6 Å². The highest BCUT2D eigenvalue weighted by Crippen LogP contribution is 2.38. The van der Waals surface area contributed by atoms with Crippen LogP contribution in [-0.2, 0) is 0 Å². The average Bonchev–Trinajstić information content (AvgIpc) is 2.41. The van der Waals surface area contributed by atoms with Gasteiger partial charge in [0.1, 0.15) is 11.5 Å². The summed E-state index contributed by atoms with van der Waals surface area (Å²) in [6.45, 7) is 1.60. The number of aromatic nitrogens is 2. The molecule has 0 saturated carbocycles. The third-order valence-electron chi connectivity index (χ3n) is 2.76. The van der Waals surface area contributed by atoms with Crippen LogP contribution in [0, 0.1) is 0 Å². The minimum absolute atomic E-state index is 0.0448. The third kappa shape index (κ3) is 3.26. The van der Waals surface area contributed by atoms with E-state index in [2.05, 4.69) is 9.97 Å². The second kappa shape index (κ2) is 6.02. The average molecular weight is 311 g/mol. The number of halogens is 1. The van der Waals surface area contributed by atoms with E-state index >= 15 is 0 Å². The number of anilines is 2. The van der Waals surface area contributed by atoms with Crippen LogP contribution in [-0.4, -0.2) is 22.2 Å². The lowest BCUT2D eigenvalue weighted by Gasteiger charge is -2.16. The first-order valence-corrected chi connectivity index (χ1v) is 6.41. The van der Waals surface area contributed by atoms with Crippen LogP contribution < -0.4 is 20.9 Å². The van der Waals surface area contributed by atoms with Crippen molar-refractivity contribution in [2.75, 3.05) is 18.6 Å². The number of ether oxygens (including phenoxy) is 2. The van der Waals surface area contributed by atoms with Crippen molar-refractivity contribution in [3.05, 3.63) is 28.9 Å². The number of hydrogen-bond acceptors (Lipinski definition) is 7. The van der Waals surface area contributed by atoms with E-state index in [0.29, 0.717) is 22.1 Å². The van der Waals surface area contributed by atoms with E-state index in [4.69, 9.17) is 32.5 Å². The van der Waals surface area contributed by atoms with Crippen LogP contribution in [0.3, 0.4) is 0 Å². The van der Waals surface area contributed by atoms with Gasteiger partial charge in [-0.2, -0.15) is 4.98 Å². The molecule has 1 heterocycles. The van der Waals surface area contributed by atoms with Gasteiger partial charge in [-0.1, -0.05) is 11.6 Å². The smallest absolute Gasteiger partial charge is 0.222 e. The zero-order chi connectivity index (χ0) is 15.6. The minimum atomic E-state index is -0.790. The van der Waals surface area contributed by atoms with Gasteiger partial charge in [-0.25, -0.2) is 4.98 Å². The highest BCUT2D eigenvalue weighted by Gasteiger charge is 2.16. The molecule has 2 rings (SSSR count).